The number of rotatable bonds is 2. The van der Waals surface area contributed by atoms with Gasteiger partial charge in [0.25, 0.3) is 0 Å². The van der Waals surface area contributed by atoms with Crippen molar-refractivity contribution in [3.05, 3.63) is 23.8 Å². The average molecular weight is 193 g/mol. The van der Waals surface area contributed by atoms with Crippen LogP contribution in [0.4, 0.5) is 0 Å². The largest absolute Gasteiger partial charge is 0.493 e. The first kappa shape index (κ1) is 9.34. The summed E-state index contributed by atoms with van der Waals surface area (Å²) < 4.78 is 10.9. The summed E-state index contributed by atoms with van der Waals surface area (Å²) in [6, 6.07) is 6.39. The van der Waals surface area contributed by atoms with Gasteiger partial charge in [-0.25, -0.2) is 0 Å². The predicted octanol–water partition coefficient (Wildman–Crippen LogP) is 1.74. The maximum atomic E-state index is 5.61. The van der Waals surface area contributed by atoms with Crippen LogP contribution in [0.2, 0.25) is 0 Å². The molecule has 0 aliphatic carbocycles. The standard InChI is InChI=1S/C11H15NO2/c1-12-9-6-7-14-11-8(9)4-3-5-10(11)13-2/h3-5,9,12H,6-7H2,1-2H3. The van der Waals surface area contributed by atoms with Crippen LogP contribution in [-0.2, 0) is 0 Å². The second-order valence-electron chi connectivity index (χ2n) is 3.36. The molecule has 0 aromatic heterocycles. The molecule has 1 aliphatic heterocycles. The molecule has 0 fully saturated rings. The third kappa shape index (κ3) is 1.44. The Hall–Kier alpha value is -1.22. The summed E-state index contributed by atoms with van der Waals surface area (Å²) in [5.74, 6) is 1.71. The van der Waals surface area contributed by atoms with Gasteiger partial charge in [0.15, 0.2) is 11.5 Å². The second-order valence-corrected chi connectivity index (χ2v) is 3.36. The molecule has 14 heavy (non-hydrogen) atoms. The van der Waals surface area contributed by atoms with Gasteiger partial charge in [0.1, 0.15) is 0 Å². The minimum absolute atomic E-state index is 0.383. The molecule has 76 valence electrons. The number of para-hydroxylation sites is 1. The van der Waals surface area contributed by atoms with Gasteiger partial charge in [-0.15, -0.1) is 0 Å². The van der Waals surface area contributed by atoms with Gasteiger partial charge >= 0.3 is 0 Å². The molecule has 0 radical (unpaired) electrons. The Kier molecular flexibility index (Phi) is 2.59. The van der Waals surface area contributed by atoms with Crippen LogP contribution in [0.1, 0.15) is 18.0 Å². The summed E-state index contributed by atoms with van der Waals surface area (Å²) in [6.07, 6.45) is 1.01. The van der Waals surface area contributed by atoms with Crippen LogP contribution in [0.3, 0.4) is 0 Å². The number of fused-ring (bicyclic) bond motifs is 1. The molecule has 0 amide bonds. The van der Waals surface area contributed by atoms with Gasteiger partial charge in [0.05, 0.1) is 13.7 Å². The third-order valence-corrected chi connectivity index (χ3v) is 2.61. The minimum atomic E-state index is 0.383. The molecule has 0 saturated carbocycles. The summed E-state index contributed by atoms with van der Waals surface area (Å²) in [6.45, 7) is 0.749. The van der Waals surface area contributed by atoms with Crippen LogP contribution in [0.5, 0.6) is 11.5 Å². The number of benzene rings is 1. The fraction of sp³-hybridized carbons (Fsp3) is 0.455. The zero-order valence-electron chi connectivity index (χ0n) is 8.54. The zero-order valence-corrected chi connectivity index (χ0v) is 8.54. The maximum absolute atomic E-state index is 5.61. The normalized spacial score (nSPS) is 19.7. The Balaban J connectivity index is 2.43. The van der Waals surface area contributed by atoms with E-state index in [4.69, 9.17) is 9.47 Å². The SMILES string of the molecule is CNC1CCOc2c(OC)cccc21. The van der Waals surface area contributed by atoms with Gasteiger partial charge in [-0.05, 0) is 13.1 Å². The van der Waals surface area contributed by atoms with Gasteiger partial charge in [-0.3, -0.25) is 0 Å². The molecular formula is C11H15NO2. The lowest BCUT2D eigenvalue weighted by molar-refractivity contribution is 0.243. The van der Waals surface area contributed by atoms with Crippen molar-refractivity contribution in [2.75, 3.05) is 20.8 Å². The summed E-state index contributed by atoms with van der Waals surface area (Å²) in [5.41, 5.74) is 1.19. The van der Waals surface area contributed by atoms with Crippen molar-refractivity contribution >= 4 is 0 Å². The maximum Gasteiger partial charge on any atom is 0.165 e. The Labute approximate surface area is 84.0 Å². The van der Waals surface area contributed by atoms with Crippen molar-refractivity contribution in [1.29, 1.82) is 0 Å². The molecule has 3 nitrogen and oxygen atoms in total. The number of nitrogens with one attached hydrogen (secondary N) is 1. The van der Waals surface area contributed by atoms with Crippen LogP contribution >= 0.6 is 0 Å². The molecule has 1 unspecified atom stereocenters. The lowest BCUT2D eigenvalue weighted by atomic mass is 10.0. The van der Waals surface area contributed by atoms with Crippen LogP contribution < -0.4 is 14.8 Å². The molecule has 1 aromatic carbocycles. The molecule has 2 rings (SSSR count). The molecule has 1 N–H and O–H groups in total. The molecule has 3 heteroatoms. The quantitative estimate of drug-likeness (QED) is 0.776. The zero-order chi connectivity index (χ0) is 9.97. The lowest BCUT2D eigenvalue weighted by Gasteiger charge is -2.26. The Bertz CT molecular complexity index is 325. The highest BCUT2D eigenvalue weighted by Gasteiger charge is 2.22. The van der Waals surface area contributed by atoms with E-state index >= 15 is 0 Å². The highest BCUT2D eigenvalue weighted by atomic mass is 16.5. The summed E-state index contributed by atoms with van der Waals surface area (Å²) in [5, 5.41) is 3.28. The summed E-state index contributed by atoms with van der Waals surface area (Å²) >= 11 is 0. The van der Waals surface area contributed by atoms with Crippen molar-refractivity contribution in [3.8, 4) is 11.5 Å². The molecule has 0 bridgehead atoms. The highest BCUT2D eigenvalue weighted by molar-refractivity contribution is 5.49. The van der Waals surface area contributed by atoms with Crippen molar-refractivity contribution in [1.82, 2.24) is 5.32 Å². The molecule has 1 aliphatic rings. The van der Waals surface area contributed by atoms with E-state index in [9.17, 15) is 0 Å². The van der Waals surface area contributed by atoms with Gasteiger partial charge in [0, 0.05) is 18.0 Å². The van der Waals surface area contributed by atoms with E-state index in [1.54, 1.807) is 7.11 Å². The summed E-state index contributed by atoms with van der Waals surface area (Å²) in [4.78, 5) is 0. The van der Waals surface area contributed by atoms with Crippen LogP contribution in [0.25, 0.3) is 0 Å². The topological polar surface area (TPSA) is 30.5 Å². The lowest BCUT2D eigenvalue weighted by Crippen LogP contribution is -2.24. The first-order valence-electron chi connectivity index (χ1n) is 4.83. The van der Waals surface area contributed by atoms with Gasteiger partial charge in [-0.2, -0.15) is 0 Å². The number of hydrogen-bond acceptors (Lipinski definition) is 3. The van der Waals surface area contributed by atoms with E-state index in [2.05, 4.69) is 11.4 Å². The van der Waals surface area contributed by atoms with E-state index in [0.717, 1.165) is 24.5 Å². The molecule has 0 spiro atoms. The van der Waals surface area contributed by atoms with E-state index in [1.165, 1.54) is 5.56 Å². The fourth-order valence-electron chi connectivity index (χ4n) is 1.86. The van der Waals surface area contributed by atoms with Crippen molar-refractivity contribution in [2.45, 2.75) is 12.5 Å². The molecule has 1 aromatic rings. The molecule has 1 atom stereocenters. The van der Waals surface area contributed by atoms with Crippen molar-refractivity contribution in [2.24, 2.45) is 0 Å². The molecule has 1 heterocycles. The van der Waals surface area contributed by atoms with E-state index in [-0.39, 0.29) is 0 Å². The first-order valence-corrected chi connectivity index (χ1v) is 4.83. The van der Waals surface area contributed by atoms with E-state index in [0.29, 0.717) is 6.04 Å². The van der Waals surface area contributed by atoms with Gasteiger partial charge < -0.3 is 14.8 Å². The molecule has 0 saturated heterocycles. The smallest absolute Gasteiger partial charge is 0.165 e. The fourth-order valence-corrected chi connectivity index (χ4v) is 1.86. The minimum Gasteiger partial charge on any atom is -0.493 e. The Morgan fingerprint density at radius 1 is 1.50 bits per heavy atom. The average Bonchev–Trinajstić information content (AvgIpc) is 2.27. The Morgan fingerprint density at radius 2 is 2.36 bits per heavy atom. The molecular weight excluding hydrogens is 178 g/mol. The van der Waals surface area contributed by atoms with E-state index in [1.807, 2.05) is 19.2 Å². The highest BCUT2D eigenvalue weighted by Crippen LogP contribution is 2.38. The van der Waals surface area contributed by atoms with Crippen molar-refractivity contribution in [3.63, 3.8) is 0 Å². The predicted molar refractivity (Wildman–Crippen MR) is 54.9 cm³/mol. The van der Waals surface area contributed by atoms with Crippen molar-refractivity contribution < 1.29 is 9.47 Å². The monoisotopic (exact) mass is 193 g/mol. The third-order valence-electron chi connectivity index (χ3n) is 2.61. The van der Waals surface area contributed by atoms with E-state index < -0.39 is 0 Å². The second kappa shape index (κ2) is 3.88. The Morgan fingerprint density at radius 3 is 3.07 bits per heavy atom. The summed E-state index contributed by atoms with van der Waals surface area (Å²) in [7, 11) is 3.64. The number of ether oxygens (including phenoxy) is 2. The number of methoxy groups -OCH3 is 1. The number of hydrogen-bond donors (Lipinski definition) is 1. The van der Waals surface area contributed by atoms with Gasteiger partial charge in [-0.1, -0.05) is 12.1 Å². The van der Waals surface area contributed by atoms with Crippen LogP contribution in [0.15, 0.2) is 18.2 Å². The van der Waals surface area contributed by atoms with Gasteiger partial charge in [0.2, 0.25) is 0 Å². The first-order chi connectivity index (χ1) is 6.86. The van der Waals surface area contributed by atoms with Crippen LogP contribution in [0, 0.1) is 0 Å². The van der Waals surface area contributed by atoms with Crippen LogP contribution in [-0.4, -0.2) is 20.8 Å².